The summed E-state index contributed by atoms with van der Waals surface area (Å²) in [5.41, 5.74) is 2.93. The molecule has 112 valence electrons. The molecule has 1 unspecified atom stereocenters. The Morgan fingerprint density at radius 3 is 2.43 bits per heavy atom. The molecular weight excluding hydrogens is 268 g/mol. The number of hydrogen-bond acceptors (Lipinski definition) is 1. The largest absolute Gasteiger partial charge is 0.317 e. The summed E-state index contributed by atoms with van der Waals surface area (Å²) in [6.45, 7) is 2.06. The van der Waals surface area contributed by atoms with Gasteiger partial charge in [0.2, 0.25) is 0 Å². The smallest absolute Gasteiger partial charge is 0.162 e. The summed E-state index contributed by atoms with van der Waals surface area (Å²) in [4.78, 5) is 0. The first-order valence-electron chi connectivity index (χ1n) is 7.26. The molecule has 1 nitrogen and oxygen atoms in total. The number of benzene rings is 2. The van der Waals surface area contributed by atoms with Crippen LogP contribution in [0.4, 0.5) is 8.78 Å². The molecule has 0 saturated heterocycles. The molecule has 0 aliphatic heterocycles. The standard InChI is InChI=1S/C18H21F2N/c1-13-6-8-14(9-7-13)10-11-16(21-2)12-15-4-3-5-17(19)18(15)20/h3-9,16,21H,10-12H2,1-2H3. The molecule has 0 saturated carbocycles. The van der Waals surface area contributed by atoms with Crippen LogP contribution in [0.15, 0.2) is 42.5 Å². The van der Waals surface area contributed by atoms with Crippen LogP contribution in [0, 0.1) is 18.6 Å². The molecule has 0 aromatic heterocycles. The molecule has 2 aromatic carbocycles. The second kappa shape index (κ2) is 7.32. The van der Waals surface area contributed by atoms with Crippen molar-refractivity contribution >= 4 is 0 Å². The quantitative estimate of drug-likeness (QED) is 0.846. The van der Waals surface area contributed by atoms with Crippen LogP contribution in [0.5, 0.6) is 0 Å². The van der Waals surface area contributed by atoms with E-state index < -0.39 is 11.6 Å². The highest BCUT2D eigenvalue weighted by Gasteiger charge is 2.13. The van der Waals surface area contributed by atoms with Gasteiger partial charge < -0.3 is 5.32 Å². The van der Waals surface area contributed by atoms with E-state index in [-0.39, 0.29) is 6.04 Å². The van der Waals surface area contributed by atoms with Gasteiger partial charge >= 0.3 is 0 Å². The molecule has 0 radical (unpaired) electrons. The Balaban J connectivity index is 1.97. The molecule has 1 N–H and O–H groups in total. The van der Waals surface area contributed by atoms with Crippen LogP contribution in [0.3, 0.4) is 0 Å². The lowest BCUT2D eigenvalue weighted by Crippen LogP contribution is -2.28. The molecule has 2 aromatic rings. The van der Waals surface area contributed by atoms with Gasteiger partial charge in [0.1, 0.15) is 0 Å². The summed E-state index contributed by atoms with van der Waals surface area (Å²) in [5.74, 6) is -1.51. The van der Waals surface area contributed by atoms with E-state index in [1.54, 1.807) is 12.1 Å². The average Bonchev–Trinajstić information content (AvgIpc) is 2.49. The Hall–Kier alpha value is -1.74. The van der Waals surface area contributed by atoms with Gasteiger partial charge in [-0.25, -0.2) is 8.78 Å². The number of nitrogens with one attached hydrogen (secondary N) is 1. The fraction of sp³-hybridized carbons (Fsp3) is 0.333. The molecule has 1 atom stereocenters. The number of hydrogen-bond donors (Lipinski definition) is 1. The molecule has 0 amide bonds. The molecule has 0 fully saturated rings. The van der Waals surface area contributed by atoms with Crippen molar-refractivity contribution in [3.8, 4) is 0 Å². The predicted octanol–water partition coefficient (Wildman–Crippen LogP) is 4.04. The normalized spacial score (nSPS) is 12.4. The van der Waals surface area contributed by atoms with Gasteiger partial charge in [-0.3, -0.25) is 0 Å². The third-order valence-corrected chi connectivity index (χ3v) is 3.81. The zero-order valence-electron chi connectivity index (χ0n) is 12.5. The van der Waals surface area contributed by atoms with Gasteiger partial charge in [-0.1, -0.05) is 42.0 Å². The first-order chi connectivity index (χ1) is 10.1. The zero-order valence-corrected chi connectivity index (χ0v) is 12.5. The van der Waals surface area contributed by atoms with E-state index in [1.165, 1.54) is 11.1 Å². The Labute approximate surface area is 125 Å². The number of halogens is 2. The minimum absolute atomic E-state index is 0.127. The maximum Gasteiger partial charge on any atom is 0.162 e. The monoisotopic (exact) mass is 289 g/mol. The van der Waals surface area contributed by atoms with E-state index in [0.29, 0.717) is 12.0 Å². The summed E-state index contributed by atoms with van der Waals surface area (Å²) in [6.07, 6.45) is 2.30. The summed E-state index contributed by atoms with van der Waals surface area (Å²) >= 11 is 0. The lowest BCUT2D eigenvalue weighted by molar-refractivity contribution is 0.473. The Morgan fingerprint density at radius 1 is 1.05 bits per heavy atom. The molecule has 0 aliphatic rings. The van der Waals surface area contributed by atoms with Gasteiger partial charge in [0.25, 0.3) is 0 Å². The molecule has 0 heterocycles. The molecule has 0 aliphatic carbocycles. The lowest BCUT2D eigenvalue weighted by Gasteiger charge is -2.17. The minimum atomic E-state index is -0.777. The molecule has 0 bridgehead atoms. The van der Waals surface area contributed by atoms with E-state index in [0.717, 1.165) is 18.9 Å². The van der Waals surface area contributed by atoms with Crippen molar-refractivity contribution in [2.45, 2.75) is 32.2 Å². The topological polar surface area (TPSA) is 12.0 Å². The second-order valence-corrected chi connectivity index (χ2v) is 5.43. The molecule has 0 spiro atoms. The third-order valence-electron chi connectivity index (χ3n) is 3.81. The summed E-state index contributed by atoms with van der Waals surface area (Å²) < 4.78 is 26.9. The van der Waals surface area contributed by atoms with Gasteiger partial charge in [-0.2, -0.15) is 0 Å². The predicted molar refractivity (Wildman–Crippen MR) is 82.4 cm³/mol. The Morgan fingerprint density at radius 2 is 1.76 bits per heavy atom. The van der Waals surface area contributed by atoms with Crippen LogP contribution in [0.2, 0.25) is 0 Å². The Bertz CT molecular complexity index is 578. The van der Waals surface area contributed by atoms with Crippen LogP contribution < -0.4 is 5.32 Å². The highest BCUT2D eigenvalue weighted by atomic mass is 19.2. The molecule has 3 heteroatoms. The summed E-state index contributed by atoms with van der Waals surface area (Å²) in [5, 5.41) is 3.19. The highest BCUT2D eigenvalue weighted by molar-refractivity contribution is 5.22. The Kier molecular flexibility index (Phi) is 5.45. The van der Waals surface area contributed by atoms with Crippen molar-refractivity contribution in [3.63, 3.8) is 0 Å². The van der Waals surface area contributed by atoms with Crippen molar-refractivity contribution in [1.29, 1.82) is 0 Å². The first kappa shape index (κ1) is 15.6. The van der Waals surface area contributed by atoms with Crippen LogP contribution in [-0.4, -0.2) is 13.1 Å². The van der Waals surface area contributed by atoms with Gasteiger partial charge in [0, 0.05) is 6.04 Å². The fourth-order valence-corrected chi connectivity index (χ4v) is 2.42. The van der Waals surface area contributed by atoms with E-state index in [1.807, 2.05) is 7.05 Å². The SMILES string of the molecule is CNC(CCc1ccc(C)cc1)Cc1cccc(F)c1F. The maximum atomic E-state index is 13.7. The van der Waals surface area contributed by atoms with E-state index >= 15 is 0 Å². The third kappa shape index (κ3) is 4.36. The van der Waals surface area contributed by atoms with Crippen molar-refractivity contribution in [1.82, 2.24) is 5.32 Å². The summed E-state index contributed by atoms with van der Waals surface area (Å²) in [6, 6.07) is 12.9. The number of aryl methyl sites for hydroxylation is 2. The highest BCUT2D eigenvalue weighted by Crippen LogP contribution is 2.15. The lowest BCUT2D eigenvalue weighted by atomic mass is 9.98. The first-order valence-corrected chi connectivity index (χ1v) is 7.26. The molecule has 2 rings (SSSR count). The van der Waals surface area contributed by atoms with Crippen molar-refractivity contribution in [2.75, 3.05) is 7.05 Å². The number of rotatable bonds is 6. The fourth-order valence-electron chi connectivity index (χ4n) is 2.42. The van der Waals surface area contributed by atoms with Gasteiger partial charge in [0.05, 0.1) is 0 Å². The van der Waals surface area contributed by atoms with E-state index in [2.05, 4.69) is 36.5 Å². The average molecular weight is 289 g/mol. The van der Waals surface area contributed by atoms with Crippen LogP contribution >= 0.6 is 0 Å². The maximum absolute atomic E-state index is 13.7. The summed E-state index contributed by atoms with van der Waals surface area (Å²) in [7, 11) is 1.86. The molecule has 21 heavy (non-hydrogen) atoms. The van der Waals surface area contributed by atoms with Crippen LogP contribution in [-0.2, 0) is 12.8 Å². The van der Waals surface area contributed by atoms with Gasteiger partial charge in [0.15, 0.2) is 11.6 Å². The van der Waals surface area contributed by atoms with Gasteiger partial charge in [-0.05, 0) is 50.4 Å². The van der Waals surface area contributed by atoms with E-state index in [4.69, 9.17) is 0 Å². The van der Waals surface area contributed by atoms with Gasteiger partial charge in [-0.15, -0.1) is 0 Å². The number of likely N-dealkylation sites (N-methyl/N-ethyl adjacent to an activating group) is 1. The van der Waals surface area contributed by atoms with E-state index in [9.17, 15) is 8.78 Å². The van der Waals surface area contributed by atoms with Crippen molar-refractivity contribution in [2.24, 2.45) is 0 Å². The van der Waals surface area contributed by atoms with Crippen molar-refractivity contribution < 1.29 is 8.78 Å². The second-order valence-electron chi connectivity index (χ2n) is 5.43. The zero-order chi connectivity index (χ0) is 15.2. The van der Waals surface area contributed by atoms with Crippen molar-refractivity contribution in [3.05, 3.63) is 70.8 Å². The van der Waals surface area contributed by atoms with Crippen LogP contribution in [0.1, 0.15) is 23.1 Å². The minimum Gasteiger partial charge on any atom is -0.317 e. The van der Waals surface area contributed by atoms with Crippen LogP contribution in [0.25, 0.3) is 0 Å². The molecular formula is C18H21F2N.